The summed E-state index contributed by atoms with van der Waals surface area (Å²) < 4.78 is 1.53. The number of nitrogens with one attached hydrogen (secondary N) is 1. The topological polar surface area (TPSA) is 92.9 Å². The van der Waals surface area contributed by atoms with Crippen LogP contribution < -0.4 is 5.32 Å². The maximum absolute atomic E-state index is 12.3. The van der Waals surface area contributed by atoms with Crippen LogP contribution >= 0.6 is 11.8 Å². The summed E-state index contributed by atoms with van der Waals surface area (Å²) in [5, 5.41) is 24.4. The van der Waals surface area contributed by atoms with E-state index in [1.54, 1.807) is 24.3 Å². The van der Waals surface area contributed by atoms with Crippen molar-refractivity contribution in [3.63, 3.8) is 0 Å². The summed E-state index contributed by atoms with van der Waals surface area (Å²) in [5.41, 5.74) is 4.80. The van der Waals surface area contributed by atoms with E-state index < -0.39 is 0 Å². The van der Waals surface area contributed by atoms with Crippen molar-refractivity contribution in [3.8, 4) is 11.4 Å². The van der Waals surface area contributed by atoms with Crippen molar-refractivity contribution in [2.45, 2.75) is 25.9 Å². The van der Waals surface area contributed by atoms with E-state index in [1.165, 1.54) is 22.0 Å². The molecule has 0 aliphatic heterocycles. The highest BCUT2D eigenvalue weighted by Gasteiger charge is 2.13. The number of tetrazole rings is 1. The molecule has 1 heterocycles. The van der Waals surface area contributed by atoms with Crippen LogP contribution in [0.5, 0.6) is 5.75 Å². The van der Waals surface area contributed by atoms with Gasteiger partial charge in [-0.25, -0.2) is 0 Å². The molecule has 1 amide bonds. The van der Waals surface area contributed by atoms with Crippen LogP contribution in [0.1, 0.15) is 16.7 Å². The second kappa shape index (κ2) is 7.57. The number of thioether (sulfide) groups is 1. The molecule has 7 nitrogen and oxygen atoms in total. The maximum atomic E-state index is 12.3. The van der Waals surface area contributed by atoms with Crippen molar-refractivity contribution in [1.29, 1.82) is 0 Å². The van der Waals surface area contributed by atoms with Crippen LogP contribution in [0.15, 0.2) is 41.6 Å². The van der Waals surface area contributed by atoms with Crippen LogP contribution in [0.3, 0.4) is 0 Å². The molecular weight excluding hydrogens is 350 g/mol. The molecule has 134 valence electrons. The summed E-state index contributed by atoms with van der Waals surface area (Å²) in [7, 11) is 0. The van der Waals surface area contributed by atoms with Crippen molar-refractivity contribution < 1.29 is 9.90 Å². The second-order valence-corrected chi connectivity index (χ2v) is 6.94. The number of hydrogen-bond acceptors (Lipinski definition) is 6. The Bertz CT molecular complexity index is 914. The van der Waals surface area contributed by atoms with Crippen LogP contribution in [0.2, 0.25) is 0 Å². The second-order valence-electron chi connectivity index (χ2n) is 6.00. The summed E-state index contributed by atoms with van der Waals surface area (Å²) in [6, 6.07) is 10.6. The molecule has 0 atom stereocenters. The molecule has 2 aromatic carbocycles. The number of aromatic hydroxyl groups is 1. The molecule has 3 aromatic rings. The number of carbonyl (C=O) groups excluding carboxylic acids is 1. The monoisotopic (exact) mass is 369 g/mol. The van der Waals surface area contributed by atoms with Crippen molar-refractivity contribution in [3.05, 3.63) is 53.1 Å². The number of phenols is 1. The maximum Gasteiger partial charge on any atom is 0.234 e. The first-order valence-electron chi connectivity index (χ1n) is 8.02. The Morgan fingerprint density at radius 2 is 1.81 bits per heavy atom. The van der Waals surface area contributed by atoms with Crippen LogP contribution in [0, 0.1) is 20.8 Å². The smallest absolute Gasteiger partial charge is 0.234 e. The number of phenolic OH excluding ortho intramolecular Hbond substituents is 1. The predicted octanol–water partition coefficient (Wildman–Crippen LogP) is 3.02. The molecule has 1 aromatic heterocycles. The molecule has 0 spiro atoms. The van der Waals surface area contributed by atoms with Gasteiger partial charge in [0.2, 0.25) is 11.1 Å². The quantitative estimate of drug-likeness (QED) is 0.672. The number of benzene rings is 2. The Balaban J connectivity index is 1.68. The highest BCUT2D eigenvalue weighted by atomic mass is 32.2. The third kappa shape index (κ3) is 4.02. The van der Waals surface area contributed by atoms with Crippen molar-refractivity contribution >= 4 is 23.4 Å². The molecule has 0 aliphatic carbocycles. The van der Waals surface area contributed by atoms with Gasteiger partial charge in [-0.3, -0.25) is 4.79 Å². The highest BCUT2D eigenvalue weighted by Crippen LogP contribution is 2.23. The molecular formula is C18H19N5O2S. The van der Waals surface area contributed by atoms with E-state index in [9.17, 15) is 9.90 Å². The summed E-state index contributed by atoms with van der Waals surface area (Å²) in [5.74, 6) is 0.232. The molecule has 0 unspecified atom stereocenters. The molecule has 0 saturated carbocycles. The van der Waals surface area contributed by atoms with E-state index in [-0.39, 0.29) is 17.4 Å². The molecule has 3 rings (SSSR count). The number of aryl methyl sites for hydroxylation is 3. The fourth-order valence-electron chi connectivity index (χ4n) is 2.71. The van der Waals surface area contributed by atoms with Gasteiger partial charge in [-0.1, -0.05) is 29.5 Å². The molecule has 0 aliphatic rings. The Morgan fingerprint density at radius 3 is 2.46 bits per heavy atom. The van der Waals surface area contributed by atoms with Gasteiger partial charge in [0.25, 0.3) is 0 Å². The molecule has 2 N–H and O–H groups in total. The van der Waals surface area contributed by atoms with Crippen LogP contribution in [-0.4, -0.2) is 37.0 Å². The van der Waals surface area contributed by atoms with E-state index in [2.05, 4.69) is 20.8 Å². The molecule has 0 bridgehead atoms. The number of aromatic nitrogens is 4. The fraction of sp³-hybridized carbons (Fsp3) is 0.222. The largest absolute Gasteiger partial charge is 0.508 e. The number of rotatable bonds is 5. The first kappa shape index (κ1) is 17.9. The lowest BCUT2D eigenvalue weighted by Gasteiger charge is -2.12. The number of hydrogen-bond donors (Lipinski definition) is 2. The summed E-state index contributed by atoms with van der Waals surface area (Å²) in [6.07, 6.45) is 0. The third-order valence-electron chi connectivity index (χ3n) is 3.81. The number of amides is 1. The lowest BCUT2D eigenvalue weighted by molar-refractivity contribution is -0.113. The van der Waals surface area contributed by atoms with Gasteiger partial charge in [0, 0.05) is 5.69 Å². The minimum Gasteiger partial charge on any atom is -0.508 e. The average Bonchev–Trinajstić information content (AvgIpc) is 3.05. The van der Waals surface area contributed by atoms with Crippen LogP contribution in [-0.2, 0) is 4.79 Å². The number of carbonyl (C=O) groups is 1. The van der Waals surface area contributed by atoms with Crippen LogP contribution in [0.25, 0.3) is 5.69 Å². The Kier molecular flexibility index (Phi) is 5.22. The van der Waals surface area contributed by atoms with Crippen molar-refractivity contribution in [2.75, 3.05) is 11.1 Å². The van der Waals surface area contributed by atoms with E-state index in [0.29, 0.717) is 10.8 Å². The highest BCUT2D eigenvalue weighted by molar-refractivity contribution is 7.99. The van der Waals surface area contributed by atoms with Gasteiger partial charge in [0.15, 0.2) is 0 Å². The average molecular weight is 369 g/mol. The Labute approximate surface area is 155 Å². The van der Waals surface area contributed by atoms with Crippen molar-refractivity contribution in [2.24, 2.45) is 0 Å². The lowest BCUT2D eigenvalue weighted by atomic mass is 10.1. The SMILES string of the molecule is Cc1cc(C)c(NC(=O)CSc2nnnn2-c2ccc(O)cc2)c(C)c1. The van der Waals surface area contributed by atoms with Crippen molar-refractivity contribution in [1.82, 2.24) is 20.2 Å². The van der Waals surface area contributed by atoms with Gasteiger partial charge in [0.1, 0.15) is 5.75 Å². The van der Waals surface area contributed by atoms with E-state index in [1.807, 2.05) is 32.9 Å². The van der Waals surface area contributed by atoms with Gasteiger partial charge < -0.3 is 10.4 Å². The standard InChI is InChI=1S/C18H19N5O2S/c1-11-8-12(2)17(13(3)9-11)19-16(25)10-26-18-20-21-22-23(18)14-4-6-15(24)7-5-14/h4-9,24H,10H2,1-3H3,(H,19,25). The summed E-state index contributed by atoms with van der Waals surface area (Å²) >= 11 is 1.25. The normalized spacial score (nSPS) is 10.7. The van der Waals surface area contributed by atoms with Gasteiger partial charge in [-0.15, -0.1) is 5.10 Å². The first-order valence-corrected chi connectivity index (χ1v) is 9.01. The minimum atomic E-state index is -0.120. The zero-order valence-corrected chi connectivity index (χ0v) is 15.5. The van der Waals surface area contributed by atoms with Gasteiger partial charge >= 0.3 is 0 Å². The summed E-state index contributed by atoms with van der Waals surface area (Å²) in [4.78, 5) is 12.3. The first-order chi connectivity index (χ1) is 12.4. The number of anilines is 1. The molecule has 26 heavy (non-hydrogen) atoms. The molecule has 0 radical (unpaired) electrons. The lowest BCUT2D eigenvalue weighted by Crippen LogP contribution is -2.16. The third-order valence-corrected chi connectivity index (χ3v) is 4.73. The van der Waals surface area contributed by atoms with E-state index >= 15 is 0 Å². The molecule has 0 fully saturated rings. The predicted molar refractivity (Wildman–Crippen MR) is 101 cm³/mol. The fourth-order valence-corrected chi connectivity index (χ4v) is 3.40. The van der Waals surface area contributed by atoms with E-state index in [4.69, 9.17) is 0 Å². The van der Waals surface area contributed by atoms with Gasteiger partial charge in [-0.2, -0.15) is 4.68 Å². The molecule has 8 heteroatoms. The Hall–Kier alpha value is -2.87. The van der Waals surface area contributed by atoms with Crippen LogP contribution in [0.4, 0.5) is 5.69 Å². The van der Waals surface area contributed by atoms with Gasteiger partial charge in [-0.05, 0) is 66.6 Å². The summed E-state index contributed by atoms with van der Waals surface area (Å²) in [6.45, 7) is 5.99. The number of nitrogens with zero attached hydrogens (tertiary/aromatic N) is 4. The van der Waals surface area contributed by atoms with Gasteiger partial charge in [0.05, 0.1) is 11.4 Å². The zero-order valence-electron chi connectivity index (χ0n) is 14.7. The Morgan fingerprint density at radius 1 is 1.15 bits per heavy atom. The minimum absolute atomic E-state index is 0.120. The molecule has 0 saturated heterocycles. The van der Waals surface area contributed by atoms with E-state index in [0.717, 1.165) is 16.8 Å². The zero-order chi connectivity index (χ0) is 18.7.